The molecule has 1 rings (SSSR count). The van der Waals surface area contributed by atoms with Gasteiger partial charge in [0.25, 0.3) is 0 Å². The number of ketones is 1. The maximum atomic E-state index is 12.0. The Bertz CT molecular complexity index is 208. The van der Waals surface area contributed by atoms with E-state index in [1.165, 1.54) is 12.8 Å². The lowest BCUT2D eigenvalue weighted by atomic mass is 9.94. The minimum absolute atomic E-state index is 0.274. The van der Waals surface area contributed by atoms with Gasteiger partial charge in [-0.3, -0.25) is 9.69 Å². The van der Waals surface area contributed by atoms with E-state index >= 15 is 0 Å². The fourth-order valence-electron chi connectivity index (χ4n) is 2.14. The molecule has 88 valence electrons. The molecule has 3 heteroatoms. The fourth-order valence-corrected chi connectivity index (χ4v) is 2.14. The van der Waals surface area contributed by atoms with Gasteiger partial charge in [-0.1, -0.05) is 0 Å². The van der Waals surface area contributed by atoms with Crippen LogP contribution in [-0.2, 0) is 9.53 Å². The Morgan fingerprint density at radius 2 is 1.93 bits per heavy atom. The monoisotopic (exact) mass is 213 g/mol. The second-order valence-electron chi connectivity index (χ2n) is 4.77. The Balaban J connectivity index is 2.41. The van der Waals surface area contributed by atoms with Gasteiger partial charge in [-0.15, -0.1) is 0 Å². The zero-order chi connectivity index (χ0) is 11.3. The van der Waals surface area contributed by atoms with Crippen LogP contribution < -0.4 is 0 Å². The molecule has 1 saturated heterocycles. The number of nitrogens with zero attached hydrogens (tertiary/aromatic N) is 1. The van der Waals surface area contributed by atoms with Gasteiger partial charge >= 0.3 is 0 Å². The Morgan fingerprint density at radius 1 is 1.33 bits per heavy atom. The van der Waals surface area contributed by atoms with Crippen molar-refractivity contribution in [2.45, 2.75) is 45.1 Å². The molecule has 0 aromatic heterocycles. The quantitative estimate of drug-likeness (QED) is 0.631. The summed E-state index contributed by atoms with van der Waals surface area (Å²) in [5.41, 5.74) is -0.274. The van der Waals surface area contributed by atoms with Gasteiger partial charge in [0, 0.05) is 20.1 Å². The smallest absolute Gasteiger partial charge is 0.152 e. The number of hydrogen-bond donors (Lipinski definition) is 0. The lowest BCUT2D eigenvalue weighted by molar-refractivity contribution is -0.129. The summed E-state index contributed by atoms with van der Waals surface area (Å²) in [6.45, 7) is 6.93. The molecule has 0 spiro atoms. The highest BCUT2D eigenvalue weighted by molar-refractivity contribution is 5.87. The first kappa shape index (κ1) is 12.7. The maximum Gasteiger partial charge on any atom is 0.152 e. The molecule has 1 fully saturated rings. The molecule has 3 nitrogen and oxygen atoms in total. The fraction of sp³-hybridized carbons (Fsp3) is 0.917. The summed E-state index contributed by atoms with van der Waals surface area (Å²) in [4.78, 5) is 14.3. The molecular weight excluding hydrogens is 190 g/mol. The maximum absolute atomic E-state index is 12.0. The van der Waals surface area contributed by atoms with Crippen molar-refractivity contribution in [3.63, 3.8) is 0 Å². The normalized spacial score (nSPS) is 18.3. The predicted octanol–water partition coefficient (Wildman–Crippen LogP) is 1.86. The molecule has 15 heavy (non-hydrogen) atoms. The molecule has 0 N–H and O–H groups in total. The molecule has 0 aliphatic carbocycles. The lowest BCUT2D eigenvalue weighted by Crippen LogP contribution is -2.48. The van der Waals surface area contributed by atoms with Crippen LogP contribution >= 0.6 is 0 Å². The Kier molecular flexibility index (Phi) is 4.74. The molecule has 0 atom stereocenters. The van der Waals surface area contributed by atoms with Crippen LogP contribution in [0.2, 0.25) is 0 Å². The third-order valence-corrected chi connectivity index (χ3v) is 3.33. The summed E-state index contributed by atoms with van der Waals surface area (Å²) in [7, 11) is 1.68. The zero-order valence-corrected chi connectivity index (χ0v) is 10.2. The summed E-state index contributed by atoms with van der Waals surface area (Å²) in [5, 5.41) is 0. The standard InChI is InChI=1S/C12H23NO2/c1-12(2,13-8-4-5-9-13)11(14)7-6-10-15-3/h4-10H2,1-3H3. The van der Waals surface area contributed by atoms with Gasteiger partial charge in [-0.05, 0) is 46.2 Å². The van der Waals surface area contributed by atoms with Crippen LogP contribution in [0.25, 0.3) is 0 Å². The number of carbonyl (C=O) groups excluding carboxylic acids is 1. The van der Waals surface area contributed by atoms with Crippen molar-refractivity contribution in [2.24, 2.45) is 0 Å². The number of rotatable bonds is 6. The van der Waals surface area contributed by atoms with Crippen molar-refractivity contribution in [1.82, 2.24) is 4.90 Å². The molecule has 0 aromatic rings. The van der Waals surface area contributed by atoms with Gasteiger partial charge in [0.2, 0.25) is 0 Å². The molecule has 1 aliphatic rings. The van der Waals surface area contributed by atoms with Crippen molar-refractivity contribution in [3.05, 3.63) is 0 Å². The zero-order valence-electron chi connectivity index (χ0n) is 10.2. The first-order chi connectivity index (χ1) is 7.09. The van der Waals surface area contributed by atoms with Crippen molar-refractivity contribution in [3.8, 4) is 0 Å². The van der Waals surface area contributed by atoms with Gasteiger partial charge in [0.15, 0.2) is 5.78 Å². The summed E-state index contributed by atoms with van der Waals surface area (Å²) < 4.78 is 4.96. The van der Waals surface area contributed by atoms with Gasteiger partial charge in [-0.2, -0.15) is 0 Å². The Morgan fingerprint density at radius 3 is 2.47 bits per heavy atom. The Labute approximate surface area is 92.8 Å². The van der Waals surface area contributed by atoms with Gasteiger partial charge in [0.05, 0.1) is 5.54 Å². The minimum atomic E-state index is -0.274. The predicted molar refractivity (Wildman–Crippen MR) is 61.0 cm³/mol. The van der Waals surface area contributed by atoms with E-state index in [0.717, 1.165) is 19.5 Å². The van der Waals surface area contributed by atoms with Crippen molar-refractivity contribution in [2.75, 3.05) is 26.8 Å². The van der Waals surface area contributed by atoms with Crippen molar-refractivity contribution < 1.29 is 9.53 Å². The molecular formula is C12H23NO2. The molecule has 0 radical (unpaired) electrons. The third-order valence-electron chi connectivity index (χ3n) is 3.33. The Hall–Kier alpha value is -0.410. The van der Waals surface area contributed by atoms with E-state index in [4.69, 9.17) is 4.74 Å². The average Bonchev–Trinajstić information content (AvgIpc) is 2.71. The highest BCUT2D eigenvalue weighted by Gasteiger charge is 2.34. The van der Waals surface area contributed by atoms with E-state index in [1.807, 2.05) is 13.8 Å². The topological polar surface area (TPSA) is 29.5 Å². The van der Waals surface area contributed by atoms with Gasteiger partial charge in [-0.25, -0.2) is 0 Å². The van der Waals surface area contributed by atoms with Crippen LogP contribution in [-0.4, -0.2) is 43.0 Å². The number of Topliss-reactive ketones (excluding diaryl/α,β-unsaturated/α-hetero) is 1. The second-order valence-corrected chi connectivity index (χ2v) is 4.77. The van der Waals surface area contributed by atoms with E-state index < -0.39 is 0 Å². The minimum Gasteiger partial charge on any atom is -0.385 e. The number of likely N-dealkylation sites (tertiary alicyclic amines) is 1. The summed E-state index contributed by atoms with van der Waals surface area (Å²) >= 11 is 0. The molecule has 0 aromatic carbocycles. The highest BCUT2D eigenvalue weighted by atomic mass is 16.5. The van der Waals surface area contributed by atoms with E-state index in [2.05, 4.69) is 4.90 Å². The molecule has 1 heterocycles. The largest absolute Gasteiger partial charge is 0.385 e. The number of methoxy groups -OCH3 is 1. The van der Waals surface area contributed by atoms with Crippen LogP contribution in [0.4, 0.5) is 0 Å². The summed E-state index contributed by atoms with van der Waals surface area (Å²) in [5.74, 6) is 0.349. The van der Waals surface area contributed by atoms with Crippen LogP contribution in [0.5, 0.6) is 0 Å². The van der Waals surface area contributed by atoms with Crippen LogP contribution in [0.3, 0.4) is 0 Å². The molecule has 0 saturated carbocycles. The van der Waals surface area contributed by atoms with Crippen LogP contribution in [0.15, 0.2) is 0 Å². The molecule has 0 unspecified atom stereocenters. The van der Waals surface area contributed by atoms with Crippen LogP contribution in [0, 0.1) is 0 Å². The van der Waals surface area contributed by atoms with E-state index in [-0.39, 0.29) is 5.54 Å². The van der Waals surface area contributed by atoms with E-state index in [1.54, 1.807) is 7.11 Å². The first-order valence-corrected chi connectivity index (χ1v) is 5.86. The molecule has 1 aliphatic heterocycles. The van der Waals surface area contributed by atoms with E-state index in [9.17, 15) is 4.79 Å². The average molecular weight is 213 g/mol. The molecule has 0 amide bonds. The number of ether oxygens (including phenoxy) is 1. The van der Waals surface area contributed by atoms with Crippen molar-refractivity contribution >= 4 is 5.78 Å². The van der Waals surface area contributed by atoms with Crippen LogP contribution in [0.1, 0.15) is 39.5 Å². The first-order valence-electron chi connectivity index (χ1n) is 5.86. The van der Waals surface area contributed by atoms with Gasteiger partial charge in [0.1, 0.15) is 0 Å². The number of hydrogen-bond acceptors (Lipinski definition) is 3. The summed E-state index contributed by atoms with van der Waals surface area (Å²) in [6.07, 6.45) is 3.94. The van der Waals surface area contributed by atoms with Gasteiger partial charge < -0.3 is 4.74 Å². The van der Waals surface area contributed by atoms with Crippen molar-refractivity contribution in [1.29, 1.82) is 0 Å². The van der Waals surface area contributed by atoms with E-state index in [0.29, 0.717) is 18.8 Å². The second kappa shape index (κ2) is 5.61. The highest BCUT2D eigenvalue weighted by Crippen LogP contribution is 2.23. The molecule has 0 bridgehead atoms. The lowest BCUT2D eigenvalue weighted by Gasteiger charge is -2.33. The number of carbonyl (C=O) groups is 1. The summed E-state index contributed by atoms with van der Waals surface area (Å²) in [6, 6.07) is 0. The SMILES string of the molecule is COCCCC(=O)C(C)(C)N1CCCC1. The third kappa shape index (κ3) is 3.28.